The van der Waals surface area contributed by atoms with Crippen LogP contribution in [0.3, 0.4) is 0 Å². The molecule has 0 amide bonds. The Morgan fingerprint density at radius 2 is 2.62 bits per heavy atom. The zero-order valence-corrected chi connectivity index (χ0v) is 4.78. The maximum atomic E-state index is 11.8. The van der Waals surface area contributed by atoms with Crippen molar-refractivity contribution in [3.63, 3.8) is 0 Å². The Bertz CT molecular complexity index is 101. The van der Waals surface area contributed by atoms with Gasteiger partial charge in [0.15, 0.2) is 0 Å². The largest absolute Gasteiger partial charge is 0.312 e. The van der Waals surface area contributed by atoms with E-state index in [-0.39, 0.29) is 12.6 Å². The molecule has 0 radical (unpaired) electrons. The van der Waals surface area contributed by atoms with Gasteiger partial charge in [-0.15, -0.1) is 0 Å². The zero-order valence-electron chi connectivity index (χ0n) is 4.78. The van der Waals surface area contributed by atoms with Crippen molar-refractivity contribution >= 4 is 0 Å². The minimum Gasteiger partial charge on any atom is -0.312 e. The van der Waals surface area contributed by atoms with E-state index in [1.54, 1.807) is 0 Å². The van der Waals surface area contributed by atoms with Gasteiger partial charge < -0.3 is 5.32 Å². The van der Waals surface area contributed by atoms with E-state index in [2.05, 4.69) is 11.9 Å². The van der Waals surface area contributed by atoms with E-state index in [9.17, 15) is 4.39 Å². The molecule has 0 bridgehead atoms. The lowest BCUT2D eigenvalue weighted by atomic mass is 10.1. The third-order valence-electron chi connectivity index (χ3n) is 1.51. The van der Waals surface area contributed by atoms with Crippen LogP contribution in [0.15, 0.2) is 12.2 Å². The highest BCUT2D eigenvalue weighted by Gasteiger charge is 2.17. The maximum absolute atomic E-state index is 11.8. The average molecular weight is 115 g/mol. The lowest BCUT2D eigenvalue weighted by Gasteiger charge is -2.00. The summed E-state index contributed by atoms with van der Waals surface area (Å²) >= 11 is 0. The fraction of sp³-hybridized carbons (Fsp3) is 0.667. The van der Waals surface area contributed by atoms with Gasteiger partial charge in [-0.25, -0.2) is 0 Å². The summed E-state index contributed by atoms with van der Waals surface area (Å²) < 4.78 is 11.8. The summed E-state index contributed by atoms with van der Waals surface area (Å²) in [7, 11) is 0. The van der Waals surface area contributed by atoms with Crippen LogP contribution in [0.5, 0.6) is 0 Å². The van der Waals surface area contributed by atoms with E-state index >= 15 is 0 Å². The number of rotatable bonds is 1. The molecular formula is C6H10FN. The molecule has 0 spiro atoms. The molecule has 1 aliphatic heterocycles. The van der Waals surface area contributed by atoms with Crippen LogP contribution in [0.1, 0.15) is 0 Å². The highest BCUT2D eigenvalue weighted by atomic mass is 19.1. The quantitative estimate of drug-likeness (QED) is 0.497. The first kappa shape index (κ1) is 5.76. The van der Waals surface area contributed by atoms with E-state index in [1.807, 2.05) is 0 Å². The van der Waals surface area contributed by atoms with Crippen LogP contribution in [0.4, 0.5) is 4.39 Å². The number of halogens is 1. The van der Waals surface area contributed by atoms with Crippen LogP contribution in [0.2, 0.25) is 0 Å². The van der Waals surface area contributed by atoms with Crippen molar-refractivity contribution in [1.82, 2.24) is 5.32 Å². The summed E-state index contributed by atoms with van der Waals surface area (Å²) in [5, 5.41) is 3.03. The van der Waals surface area contributed by atoms with Crippen LogP contribution in [0.25, 0.3) is 0 Å². The molecule has 1 fully saturated rings. The minimum atomic E-state index is -0.258. The van der Waals surface area contributed by atoms with Crippen molar-refractivity contribution in [3.05, 3.63) is 12.2 Å². The molecule has 0 saturated carbocycles. The molecule has 0 aromatic carbocycles. The minimum absolute atomic E-state index is 0.0926. The molecule has 46 valence electrons. The molecule has 8 heavy (non-hydrogen) atoms. The third kappa shape index (κ3) is 0.892. The second kappa shape index (κ2) is 2.27. The summed E-state index contributed by atoms with van der Waals surface area (Å²) in [6, 6.07) is 0. The van der Waals surface area contributed by atoms with E-state index in [0.717, 1.165) is 18.7 Å². The summed E-state index contributed by atoms with van der Waals surface area (Å²) in [5.74, 6) is 0.0926. The average Bonchev–Trinajstić information content (AvgIpc) is 2.14. The Hall–Kier alpha value is -0.370. The number of hydrogen-bond donors (Lipinski definition) is 1. The normalized spacial score (nSPS) is 29.1. The molecule has 1 aliphatic rings. The predicted octanol–water partition coefficient (Wildman–Crippen LogP) is 0.732. The van der Waals surface area contributed by atoms with Crippen LogP contribution in [-0.4, -0.2) is 19.8 Å². The second-order valence-electron chi connectivity index (χ2n) is 2.14. The molecule has 0 aliphatic carbocycles. The van der Waals surface area contributed by atoms with Gasteiger partial charge >= 0.3 is 0 Å². The molecule has 1 saturated heterocycles. The Labute approximate surface area is 48.6 Å². The monoisotopic (exact) mass is 115 g/mol. The van der Waals surface area contributed by atoms with Gasteiger partial charge in [0, 0.05) is 19.0 Å². The SMILES string of the molecule is C=C1CNCC1CF. The van der Waals surface area contributed by atoms with Crippen molar-refractivity contribution < 1.29 is 4.39 Å². The van der Waals surface area contributed by atoms with Gasteiger partial charge in [-0.1, -0.05) is 12.2 Å². The lowest BCUT2D eigenvalue weighted by molar-refractivity contribution is 0.415. The summed E-state index contributed by atoms with van der Waals surface area (Å²) in [5.41, 5.74) is 1.01. The zero-order chi connectivity index (χ0) is 5.98. The van der Waals surface area contributed by atoms with E-state index in [4.69, 9.17) is 0 Å². The lowest BCUT2D eigenvalue weighted by Crippen LogP contribution is -2.09. The predicted molar refractivity (Wildman–Crippen MR) is 31.5 cm³/mol. The van der Waals surface area contributed by atoms with Crippen molar-refractivity contribution in [2.75, 3.05) is 19.8 Å². The van der Waals surface area contributed by atoms with Gasteiger partial charge in [0.25, 0.3) is 0 Å². The molecule has 1 atom stereocenters. The second-order valence-corrected chi connectivity index (χ2v) is 2.14. The van der Waals surface area contributed by atoms with Crippen molar-refractivity contribution in [3.8, 4) is 0 Å². The Kier molecular flexibility index (Phi) is 1.63. The Morgan fingerprint density at radius 1 is 1.88 bits per heavy atom. The number of hydrogen-bond acceptors (Lipinski definition) is 1. The van der Waals surface area contributed by atoms with E-state index in [0.29, 0.717) is 0 Å². The fourth-order valence-electron chi connectivity index (χ4n) is 0.859. The molecule has 1 unspecified atom stereocenters. The van der Waals surface area contributed by atoms with E-state index < -0.39 is 0 Å². The first-order valence-corrected chi connectivity index (χ1v) is 2.79. The molecule has 0 aromatic rings. The highest BCUT2D eigenvalue weighted by Crippen LogP contribution is 2.12. The molecule has 0 aromatic heterocycles. The molecule has 1 N–H and O–H groups in total. The van der Waals surface area contributed by atoms with Crippen LogP contribution < -0.4 is 5.32 Å². The maximum Gasteiger partial charge on any atom is 0.0972 e. The van der Waals surface area contributed by atoms with Crippen LogP contribution in [0, 0.1) is 5.92 Å². The molecule has 1 heterocycles. The first-order chi connectivity index (χ1) is 3.84. The molecule has 1 rings (SSSR count). The van der Waals surface area contributed by atoms with Gasteiger partial charge in [0.2, 0.25) is 0 Å². The van der Waals surface area contributed by atoms with Crippen LogP contribution in [-0.2, 0) is 0 Å². The summed E-state index contributed by atoms with van der Waals surface area (Å²) in [4.78, 5) is 0. The standard InChI is InChI=1S/C6H10FN/c1-5-3-8-4-6(5)2-7/h6,8H,1-4H2. The first-order valence-electron chi connectivity index (χ1n) is 2.79. The Morgan fingerprint density at radius 3 is 2.88 bits per heavy atom. The van der Waals surface area contributed by atoms with Gasteiger partial charge in [-0.2, -0.15) is 0 Å². The summed E-state index contributed by atoms with van der Waals surface area (Å²) in [6.45, 7) is 5.02. The smallest absolute Gasteiger partial charge is 0.0972 e. The van der Waals surface area contributed by atoms with Crippen molar-refractivity contribution in [2.45, 2.75) is 0 Å². The van der Waals surface area contributed by atoms with Gasteiger partial charge in [0.1, 0.15) is 0 Å². The molecular weight excluding hydrogens is 105 g/mol. The Balaban J connectivity index is 2.42. The van der Waals surface area contributed by atoms with Crippen molar-refractivity contribution in [2.24, 2.45) is 5.92 Å². The van der Waals surface area contributed by atoms with Gasteiger partial charge in [0.05, 0.1) is 6.67 Å². The number of nitrogens with one attached hydrogen (secondary N) is 1. The third-order valence-corrected chi connectivity index (χ3v) is 1.51. The van der Waals surface area contributed by atoms with Gasteiger partial charge in [-0.3, -0.25) is 4.39 Å². The van der Waals surface area contributed by atoms with Crippen molar-refractivity contribution in [1.29, 1.82) is 0 Å². The molecule has 1 nitrogen and oxygen atoms in total. The highest BCUT2D eigenvalue weighted by molar-refractivity contribution is 5.08. The fourth-order valence-corrected chi connectivity index (χ4v) is 0.859. The molecule has 2 heteroatoms. The topological polar surface area (TPSA) is 12.0 Å². The number of alkyl halides is 1. The van der Waals surface area contributed by atoms with E-state index in [1.165, 1.54) is 0 Å². The van der Waals surface area contributed by atoms with Gasteiger partial charge in [-0.05, 0) is 0 Å². The van der Waals surface area contributed by atoms with Crippen LogP contribution >= 0.6 is 0 Å². The summed E-state index contributed by atoms with van der Waals surface area (Å²) in [6.07, 6.45) is 0.